The number of nitrogens with zero attached hydrogens (tertiary/aromatic N) is 2. The minimum absolute atomic E-state index is 0.689. The smallest absolute Gasteiger partial charge is 0.0474 e. The average molecular weight is 269 g/mol. The second-order valence-electron chi connectivity index (χ2n) is 7.96. The standard InChI is InChI=1S/C15H32N2Si/c1-14(16(2)3)12-17-9-6-15(13-17)7-10-18(4,5)11-8-15/h14H,6-13H2,1-5H3. The van der Waals surface area contributed by atoms with Crippen LogP contribution in [0, 0.1) is 5.41 Å². The molecule has 2 aliphatic rings. The van der Waals surface area contributed by atoms with Gasteiger partial charge < -0.3 is 9.80 Å². The van der Waals surface area contributed by atoms with Crippen molar-refractivity contribution in [3.8, 4) is 0 Å². The highest BCUT2D eigenvalue weighted by Gasteiger charge is 2.43. The van der Waals surface area contributed by atoms with E-state index in [1.807, 2.05) is 0 Å². The van der Waals surface area contributed by atoms with E-state index in [0.717, 1.165) is 0 Å². The van der Waals surface area contributed by atoms with Crippen LogP contribution in [0.2, 0.25) is 25.2 Å². The molecule has 0 aromatic carbocycles. The fourth-order valence-electron chi connectivity index (χ4n) is 3.59. The Morgan fingerprint density at radius 3 is 2.33 bits per heavy atom. The molecule has 2 aliphatic heterocycles. The first kappa shape index (κ1) is 14.5. The van der Waals surface area contributed by atoms with E-state index < -0.39 is 8.07 Å². The van der Waals surface area contributed by atoms with Crippen LogP contribution in [0.1, 0.15) is 26.2 Å². The molecule has 0 aromatic heterocycles. The van der Waals surface area contributed by atoms with Gasteiger partial charge in [-0.15, -0.1) is 0 Å². The highest BCUT2D eigenvalue weighted by molar-refractivity contribution is 6.77. The normalized spacial score (nSPS) is 29.0. The van der Waals surface area contributed by atoms with Crippen molar-refractivity contribution in [1.29, 1.82) is 0 Å². The van der Waals surface area contributed by atoms with E-state index in [9.17, 15) is 0 Å². The molecule has 0 amide bonds. The molecule has 2 rings (SSSR count). The van der Waals surface area contributed by atoms with Crippen molar-refractivity contribution in [2.75, 3.05) is 33.7 Å². The maximum atomic E-state index is 2.73. The maximum Gasteiger partial charge on any atom is 0.0474 e. The first-order valence-electron chi connectivity index (χ1n) is 7.71. The number of likely N-dealkylation sites (N-methyl/N-ethyl adjacent to an activating group) is 1. The summed E-state index contributed by atoms with van der Waals surface area (Å²) in [6.07, 6.45) is 4.52. The molecule has 18 heavy (non-hydrogen) atoms. The van der Waals surface area contributed by atoms with Crippen LogP contribution in [0.4, 0.5) is 0 Å². The third-order valence-corrected chi connectivity index (χ3v) is 8.79. The molecule has 2 nitrogen and oxygen atoms in total. The van der Waals surface area contributed by atoms with Gasteiger partial charge in [0.25, 0.3) is 0 Å². The summed E-state index contributed by atoms with van der Waals surface area (Å²) >= 11 is 0. The van der Waals surface area contributed by atoms with E-state index in [0.29, 0.717) is 11.5 Å². The molecule has 2 fully saturated rings. The first-order chi connectivity index (χ1) is 8.32. The van der Waals surface area contributed by atoms with E-state index in [-0.39, 0.29) is 0 Å². The van der Waals surface area contributed by atoms with Crippen molar-refractivity contribution in [2.45, 2.75) is 57.4 Å². The Morgan fingerprint density at radius 1 is 1.17 bits per heavy atom. The molecule has 0 aliphatic carbocycles. The van der Waals surface area contributed by atoms with Crippen LogP contribution < -0.4 is 0 Å². The van der Waals surface area contributed by atoms with Gasteiger partial charge in [-0.2, -0.15) is 0 Å². The van der Waals surface area contributed by atoms with Crippen molar-refractivity contribution in [1.82, 2.24) is 9.80 Å². The zero-order valence-corrected chi connectivity index (χ0v) is 14.1. The largest absolute Gasteiger partial charge is 0.305 e. The predicted molar refractivity (Wildman–Crippen MR) is 83.0 cm³/mol. The number of rotatable bonds is 3. The molecule has 2 saturated heterocycles. The quantitative estimate of drug-likeness (QED) is 0.726. The lowest BCUT2D eigenvalue weighted by molar-refractivity contribution is 0.188. The molecule has 2 heterocycles. The van der Waals surface area contributed by atoms with E-state index in [4.69, 9.17) is 0 Å². The molecule has 0 aromatic rings. The van der Waals surface area contributed by atoms with E-state index >= 15 is 0 Å². The summed E-state index contributed by atoms with van der Waals surface area (Å²) in [6.45, 7) is 11.5. The van der Waals surface area contributed by atoms with Gasteiger partial charge in [0.05, 0.1) is 0 Å². The minimum atomic E-state index is -0.783. The third kappa shape index (κ3) is 3.37. The Kier molecular flexibility index (Phi) is 4.25. The second-order valence-corrected chi connectivity index (χ2v) is 13.3. The van der Waals surface area contributed by atoms with Gasteiger partial charge >= 0.3 is 0 Å². The van der Waals surface area contributed by atoms with Crippen LogP contribution in [0.25, 0.3) is 0 Å². The summed E-state index contributed by atoms with van der Waals surface area (Å²) in [5.41, 5.74) is 0.717. The lowest BCUT2D eigenvalue weighted by Gasteiger charge is -2.40. The zero-order valence-electron chi connectivity index (χ0n) is 13.1. The van der Waals surface area contributed by atoms with Gasteiger partial charge in [-0.05, 0) is 52.2 Å². The lowest BCUT2D eigenvalue weighted by atomic mass is 9.81. The minimum Gasteiger partial charge on any atom is -0.305 e. The van der Waals surface area contributed by atoms with Gasteiger partial charge in [0.1, 0.15) is 0 Å². The molecule has 1 spiro atoms. The molecule has 106 valence electrons. The fraction of sp³-hybridized carbons (Fsp3) is 1.00. The first-order valence-corrected chi connectivity index (χ1v) is 11.1. The van der Waals surface area contributed by atoms with Gasteiger partial charge in [0.15, 0.2) is 0 Å². The highest BCUT2D eigenvalue weighted by atomic mass is 28.3. The molecule has 0 bridgehead atoms. The molecule has 0 saturated carbocycles. The van der Waals surface area contributed by atoms with Crippen LogP contribution in [0.3, 0.4) is 0 Å². The summed E-state index contributed by atoms with van der Waals surface area (Å²) in [6, 6.07) is 3.84. The highest BCUT2D eigenvalue weighted by Crippen LogP contribution is 2.47. The molecular weight excluding hydrogens is 236 g/mol. The van der Waals surface area contributed by atoms with Crippen molar-refractivity contribution in [3.63, 3.8) is 0 Å². The van der Waals surface area contributed by atoms with Gasteiger partial charge in [-0.25, -0.2) is 0 Å². The molecule has 1 unspecified atom stereocenters. The summed E-state index contributed by atoms with van der Waals surface area (Å²) < 4.78 is 0. The number of hydrogen-bond acceptors (Lipinski definition) is 2. The molecular formula is C15H32N2Si. The Hall–Kier alpha value is 0.137. The average Bonchev–Trinajstić information content (AvgIpc) is 2.67. The Bertz CT molecular complexity index is 278. The molecule has 0 radical (unpaired) electrons. The molecule has 1 atom stereocenters. The van der Waals surface area contributed by atoms with E-state index in [1.165, 1.54) is 38.9 Å². The topological polar surface area (TPSA) is 6.48 Å². The maximum absolute atomic E-state index is 2.73. The summed E-state index contributed by atoms with van der Waals surface area (Å²) in [7, 11) is 3.62. The van der Waals surface area contributed by atoms with E-state index in [2.05, 4.69) is 43.9 Å². The van der Waals surface area contributed by atoms with Gasteiger partial charge in [0, 0.05) is 27.2 Å². The van der Waals surface area contributed by atoms with Gasteiger partial charge in [0.2, 0.25) is 0 Å². The summed E-state index contributed by atoms with van der Waals surface area (Å²) in [5.74, 6) is 0. The third-order valence-electron chi connectivity index (χ3n) is 5.59. The Labute approximate surface area is 115 Å². The Balaban J connectivity index is 1.85. The van der Waals surface area contributed by atoms with Gasteiger partial charge in [-0.1, -0.05) is 25.2 Å². The zero-order chi connectivity index (χ0) is 13.4. The van der Waals surface area contributed by atoms with Crippen molar-refractivity contribution < 1.29 is 0 Å². The molecule has 0 N–H and O–H groups in total. The van der Waals surface area contributed by atoms with Crippen molar-refractivity contribution >= 4 is 8.07 Å². The van der Waals surface area contributed by atoms with Crippen LogP contribution in [0.5, 0.6) is 0 Å². The fourth-order valence-corrected chi connectivity index (χ4v) is 6.25. The molecule has 3 heteroatoms. The van der Waals surface area contributed by atoms with Crippen molar-refractivity contribution in [3.05, 3.63) is 0 Å². The Morgan fingerprint density at radius 2 is 1.78 bits per heavy atom. The van der Waals surface area contributed by atoms with Crippen LogP contribution >= 0.6 is 0 Å². The predicted octanol–water partition coefficient (Wildman–Crippen LogP) is 3.13. The van der Waals surface area contributed by atoms with Crippen LogP contribution in [0.15, 0.2) is 0 Å². The number of likely N-dealkylation sites (tertiary alicyclic amines) is 1. The summed E-state index contributed by atoms with van der Waals surface area (Å²) in [4.78, 5) is 5.08. The summed E-state index contributed by atoms with van der Waals surface area (Å²) in [5, 5.41) is 0. The van der Waals surface area contributed by atoms with Crippen LogP contribution in [-0.2, 0) is 0 Å². The monoisotopic (exact) mass is 268 g/mol. The van der Waals surface area contributed by atoms with Gasteiger partial charge in [-0.3, -0.25) is 0 Å². The van der Waals surface area contributed by atoms with Crippen molar-refractivity contribution in [2.24, 2.45) is 5.41 Å². The van der Waals surface area contributed by atoms with E-state index in [1.54, 1.807) is 12.1 Å². The lowest BCUT2D eigenvalue weighted by Crippen LogP contribution is -2.41. The second kappa shape index (κ2) is 5.26. The SMILES string of the molecule is CC(CN1CCC2(CC[Si](C)(C)CC2)C1)N(C)C. The number of hydrogen-bond donors (Lipinski definition) is 0. The van der Waals surface area contributed by atoms with Crippen LogP contribution in [-0.4, -0.2) is 57.6 Å².